The van der Waals surface area contributed by atoms with E-state index in [0.29, 0.717) is 30.6 Å². The maximum Gasteiger partial charge on any atom is 0.416 e. The van der Waals surface area contributed by atoms with Crippen LogP contribution in [0.1, 0.15) is 48.5 Å². The third-order valence-corrected chi connectivity index (χ3v) is 8.27. The number of hydrogen-bond acceptors (Lipinski definition) is 5. The normalized spacial score (nSPS) is 25.2. The minimum atomic E-state index is -4.65. The molecule has 1 amide bonds. The van der Waals surface area contributed by atoms with Gasteiger partial charge in [-0.15, -0.1) is 0 Å². The van der Waals surface area contributed by atoms with Gasteiger partial charge in [-0.1, -0.05) is 6.07 Å². The first-order chi connectivity index (χ1) is 16.4. The summed E-state index contributed by atoms with van der Waals surface area (Å²) < 4.78 is 77.4. The Morgan fingerprint density at radius 2 is 1.94 bits per heavy atom. The largest absolute Gasteiger partial charge is 0.416 e. The van der Waals surface area contributed by atoms with Crippen LogP contribution in [-0.4, -0.2) is 42.5 Å². The zero-order valence-corrected chi connectivity index (χ0v) is 19.7. The van der Waals surface area contributed by atoms with Crippen molar-refractivity contribution in [1.82, 2.24) is 15.2 Å². The fourth-order valence-electron chi connectivity index (χ4n) is 5.07. The first-order valence-electron chi connectivity index (χ1n) is 11.5. The fourth-order valence-corrected chi connectivity index (χ4v) is 5.73. The summed E-state index contributed by atoms with van der Waals surface area (Å²) in [6, 6.07) is 4.36. The molecule has 6 nitrogen and oxygen atoms in total. The molecule has 0 spiro atoms. The monoisotopic (exact) mass is 511 g/mol. The van der Waals surface area contributed by atoms with Crippen LogP contribution in [0.25, 0.3) is 0 Å². The summed E-state index contributed by atoms with van der Waals surface area (Å²) >= 11 is 0. The Morgan fingerprint density at radius 1 is 1.20 bits per heavy atom. The number of nitrogens with one attached hydrogen (secondary N) is 1. The van der Waals surface area contributed by atoms with E-state index in [0.717, 1.165) is 37.7 Å². The van der Waals surface area contributed by atoms with E-state index in [9.17, 15) is 30.8 Å². The molecule has 2 saturated carbocycles. The van der Waals surface area contributed by atoms with Crippen LogP contribution in [0.5, 0.6) is 0 Å². The second-order valence-electron chi connectivity index (χ2n) is 9.80. The topological polar surface area (TPSA) is 79.4 Å². The van der Waals surface area contributed by atoms with E-state index in [-0.39, 0.29) is 28.3 Å². The van der Waals surface area contributed by atoms with Crippen molar-refractivity contribution in [3.63, 3.8) is 0 Å². The Kier molecular flexibility index (Phi) is 5.90. The SMILES string of the molecule is CS(=O)(=O)c1ccnc(CN2[C@@H](C(=O)N[C@@H](c3ccc(C(F)(F)F)cc3F)C3CC3)C[C@H]3C[C@H]32)c1. The van der Waals surface area contributed by atoms with E-state index >= 15 is 0 Å². The zero-order valence-electron chi connectivity index (χ0n) is 18.9. The van der Waals surface area contributed by atoms with E-state index in [1.807, 2.05) is 4.90 Å². The highest BCUT2D eigenvalue weighted by Gasteiger charge is 2.54. The highest BCUT2D eigenvalue weighted by atomic mass is 32.2. The molecular weight excluding hydrogens is 486 g/mol. The number of likely N-dealkylation sites (tertiary alicyclic amines) is 1. The molecule has 35 heavy (non-hydrogen) atoms. The van der Waals surface area contributed by atoms with Crippen LogP contribution in [0, 0.1) is 17.7 Å². The lowest BCUT2D eigenvalue weighted by Crippen LogP contribution is -2.46. The number of fused-ring (bicyclic) bond motifs is 1. The van der Waals surface area contributed by atoms with Crippen molar-refractivity contribution in [1.29, 1.82) is 0 Å². The van der Waals surface area contributed by atoms with Crippen LogP contribution in [0.15, 0.2) is 41.4 Å². The van der Waals surface area contributed by atoms with Crippen molar-refractivity contribution >= 4 is 15.7 Å². The predicted octanol–water partition coefficient (Wildman–Crippen LogP) is 3.87. The average molecular weight is 512 g/mol. The molecule has 0 bridgehead atoms. The minimum absolute atomic E-state index is 0.0253. The van der Waals surface area contributed by atoms with E-state index < -0.39 is 39.5 Å². The van der Waals surface area contributed by atoms with E-state index in [1.54, 1.807) is 0 Å². The predicted molar refractivity (Wildman–Crippen MR) is 118 cm³/mol. The molecule has 3 aliphatic rings. The van der Waals surface area contributed by atoms with Crippen LogP contribution < -0.4 is 5.32 Å². The standard InChI is InChI=1S/C24H25F4N3O3S/c1-35(33,34)17-6-7-29-16(11-17)12-31-20-8-14(20)9-21(31)23(32)30-22(13-2-3-13)18-5-4-15(10-19(18)25)24(26,27)28/h4-7,10-11,13-14,20-22H,2-3,8-9,12H2,1H3,(H,30,32)/t14-,20-,21-,22-/m1/s1. The smallest absolute Gasteiger partial charge is 0.348 e. The van der Waals surface area contributed by atoms with Gasteiger partial charge in [-0.05, 0) is 61.8 Å². The van der Waals surface area contributed by atoms with Gasteiger partial charge in [0.25, 0.3) is 0 Å². The molecule has 188 valence electrons. The van der Waals surface area contributed by atoms with Gasteiger partial charge in [0, 0.05) is 30.6 Å². The van der Waals surface area contributed by atoms with Gasteiger partial charge in [-0.2, -0.15) is 13.2 Å². The highest BCUT2D eigenvalue weighted by Crippen LogP contribution is 2.49. The maximum atomic E-state index is 14.7. The molecule has 5 rings (SSSR count). The van der Waals surface area contributed by atoms with Crippen LogP contribution >= 0.6 is 0 Å². The van der Waals surface area contributed by atoms with Crippen molar-refractivity contribution in [2.75, 3.05) is 6.26 Å². The molecule has 1 N–H and O–H groups in total. The molecule has 0 unspecified atom stereocenters. The molecule has 1 aromatic carbocycles. The van der Waals surface area contributed by atoms with Gasteiger partial charge in [-0.25, -0.2) is 12.8 Å². The van der Waals surface area contributed by atoms with Gasteiger partial charge in [0.2, 0.25) is 5.91 Å². The Hall–Kier alpha value is -2.53. The van der Waals surface area contributed by atoms with Gasteiger partial charge in [-0.3, -0.25) is 14.7 Å². The summed E-state index contributed by atoms with van der Waals surface area (Å²) in [5, 5.41) is 2.91. The zero-order chi connectivity index (χ0) is 25.1. The van der Waals surface area contributed by atoms with Crippen molar-refractivity contribution in [3.05, 3.63) is 59.2 Å². The number of benzene rings is 1. The van der Waals surface area contributed by atoms with Crippen molar-refractivity contribution in [2.45, 2.75) is 61.4 Å². The Morgan fingerprint density at radius 3 is 2.57 bits per heavy atom. The molecular formula is C24H25F4N3O3S. The Bertz CT molecular complexity index is 1260. The summed E-state index contributed by atoms with van der Waals surface area (Å²) in [7, 11) is -3.40. The number of alkyl halides is 3. The number of amides is 1. The number of hydrogen-bond donors (Lipinski definition) is 1. The number of sulfone groups is 1. The summed E-state index contributed by atoms with van der Waals surface area (Å²) in [5.74, 6) is -0.952. The van der Waals surface area contributed by atoms with E-state index in [1.165, 1.54) is 18.3 Å². The molecule has 1 aromatic heterocycles. The number of halogens is 4. The number of carbonyl (C=O) groups is 1. The lowest BCUT2D eigenvalue weighted by molar-refractivity contribution is -0.137. The number of nitrogens with zero attached hydrogens (tertiary/aromatic N) is 2. The molecule has 2 heterocycles. The van der Waals surface area contributed by atoms with Gasteiger partial charge in [0.05, 0.1) is 28.2 Å². The number of rotatable bonds is 7. The van der Waals surface area contributed by atoms with Gasteiger partial charge in [0.15, 0.2) is 9.84 Å². The lowest BCUT2D eigenvalue weighted by Gasteiger charge is -2.29. The van der Waals surface area contributed by atoms with E-state index in [2.05, 4.69) is 10.3 Å². The van der Waals surface area contributed by atoms with Crippen LogP contribution in [0.4, 0.5) is 17.6 Å². The molecule has 4 atom stereocenters. The highest BCUT2D eigenvalue weighted by molar-refractivity contribution is 7.90. The minimum Gasteiger partial charge on any atom is -0.348 e. The number of pyridine rings is 1. The second kappa shape index (κ2) is 8.55. The summed E-state index contributed by atoms with van der Waals surface area (Å²) in [6.07, 6.45) is 0.974. The molecule has 2 aliphatic carbocycles. The van der Waals surface area contributed by atoms with Crippen LogP contribution in [0.2, 0.25) is 0 Å². The van der Waals surface area contributed by atoms with Gasteiger partial charge >= 0.3 is 6.18 Å². The first-order valence-corrected chi connectivity index (χ1v) is 13.4. The second-order valence-corrected chi connectivity index (χ2v) is 11.8. The Labute approximate surface area is 200 Å². The summed E-state index contributed by atoms with van der Waals surface area (Å²) in [5.41, 5.74) is -0.470. The van der Waals surface area contributed by atoms with Crippen LogP contribution in [-0.2, 0) is 27.4 Å². The third-order valence-electron chi connectivity index (χ3n) is 7.16. The fraction of sp³-hybridized carbons (Fsp3) is 0.500. The van der Waals surface area contributed by atoms with Gasteiger partial charge in [0.1, 0.15) is 5.82 Å². The number of aromatic nitrogens is 1. The maximum absolute atomic E-state index is 14.7. The summed E-state index contributed by atoms with van der Waals surface area (Å²) in [4.78, 5) is 19.7. The van der Waals surface area contributed by atoms with Crippen molar-refractivity contribution in [3.8, 4) is 0 Å². The third kappa shape index (κ3) is 5.06. The summed E-state index contributed by atoms with van der Waals surface area (Å²) in [6.45, 7) is 0.297. The molecule has 1 saturated heterocycles. The van der Waals surface area contributed by atoms with E-state index in [4.69, 9.17) is 0 Å². The first kappa shape index (κ1) is 24.2. The Balaban J connectivity index is 1.34. The van der Waals surface area contributed by atoms with Crippen molar-refractivity contribution < 1.29 is 30.8 Å². The molecule has 3 fully saturated rings. The van der Waals surface area contributed by atoms with Gasteiger partial charge < -0.3 is 5.32 Å². The number of piperidine rings is 1. The van der Waals surface area contributed by atoms with Crippen molar-refractivity contribution in [2.24, 2.45) is 11.8 Å². The average Bonchev–Trinajstić information content (AvgIpc) is 3.70. The molecule has 0 radical (unpaired) electrons. The lowest BCUT2D eigenvalue weighted by atomic mass is 9.99. The molecule has 2 aromatic rings. The van der Waals surface area contributed by atoms with Crippen LogP contribution in [0.3, 0.4) is 0 Å². The quantitative estimate of drug-likeness (QED) is 0.571. The molecule has 1 aliphatic heterocycles. The number of carbonyl (C=O) groups excluding carboxylic acids is 1. The molecule has 11 heteroatoms.